The van der Waals surface area contributed by atoms with Crippen LogP contribution in [0.3, 0.4) is 0 Å². The van der Waals surface area contributed by atoms with E-state index in [2.05, 4.69) is 19.9 Å². The molecule has 0 saturated carbocycles. The maximum Gasteiger partial charge on any atom is 0.264 e. The molecule has 0 aliphatic heterocycles. The molecular formula is C9H10N4O2S. The van der Waals surface area contributed by atoms with Crippen molar-refractivity contribution in [3.63, 3.8) is 0 Å². The lowest BCUT2D eigenvalue weighted by atomic mass is 10.5. The van der Waals surface area contributed by atoms with Gasteiger partial charge in [-0.3, -0.25) is 14.8 Å². The molecule has 0 bridgehead atoms. The van der Waals surface area contributed by atoms with Gasteiger partial charge in [0.25, 0.3) is 10.0 Å². The number of H-pyrrole nitrogens is 1. The fourth-order valence-corrected chi connectivity index (χ4v) is 2.13. The summed E-state index contributed by atoms with van der Waals surface area (Å²) in [7, 11) is -3.59. The molecule has 0 radical (unpaired) electrons. The van der Waals surface area contributed by atoms with Crippen LogP contribution in [0.4, 0.5) is 5.82 Å². The van der Waals surface area contributed by atoms with Crippen molar-refractivity contribution in [2.24, 2.45) is 0 Å². The number of rotatable bonds is 3. The molecular weight excluding hydrogens is 228 g/mol. The minimum atomic E-state index is -3.59. The summed E-state index contributed by atoms with van der Waals surface area (Å²) in [6, 6.07) is 4.63. The van der Waals surface area contributed by atoms with Crippen molar-refractivity contribution in [2.45, 2.75) is 11.8 Å². The quantitative estimate of drug-likeness (QED) is 0.832. The predicted octanol–water partition coefficient (Wildman–Crippen LogP) is 0.914. The van der Waals surface area contributed by atoms with Crippen molar-refractivity contribution in [1.82, 2.24) is 15.2 Å². The molecule has 0 aliphatic carbocycles. The maximum absolute atomic E-state index is 11.8. The second kappa shape index (κ2) is 3.93. The van der Waals surface area contributed by atoms with Crippen molar-refractivity contribution in [3.8, 4) is 0 Å². The molecule has 16 heavy (non-hydrogen) atoms. The number of aryl methyl sites for hydroxylation is 1. The molecule has 6 nitrogen and oxygen atoms in total. The Morgan fingerprint density at radius 1 is 1.44 bits per heavy atom. The molecule has 7 heteroatoms. The van der Waals surface area contributed by atoms with Gasteiger partial charge in [0.05, 0.1) is 0 Å². The molecule has 0 atom stereocenters. The summed E-state index contributed by atoms with van der Waals surface area (Å²) >= 11 is 0. The van der Waals surface area contributed by atoms with Gasteiger partial charge in [0.15, 0.2) is 5.82 Å². The third-order valence-corrected chi connectivity index (χ3v) is 3.23. The van der Waals surface area contributed by atoms with Gasteiger partial charge in [-0.2, -0.15) is 5.10 Å². The lowest BCUT2D eigenvalue weighted by Crippen LogP contribution is -2.13. The third-order valence-electron chi connectivity index (χ3n) is 1.89. The van der Waals surface area contributed by atoms with Crippen LogP contribution in [-0.4, -0.2) is 23.6 Å². The van der Waals surface area contributed by atoms with E-state index in [1.165, 1.54) is 18.5 Å². The highest BCUT2D eigenvalue weighted by Gasteiger charge is 2.15. The van der Waals surface area contributed by atoms with E-state index in [-0.39, 0.29) is 10.7 Å². The lowest BCUT2D eigenvalue weighted by molar-refractivity contribution is 0.600. The number of pyridine rings is 1. The zero-order chi connectivity index (χ0) is 11.6. The second-order valence-corrected chi connectivity index (χ2v) is 4.91. The molecule has 2 heterocycles. The molecule has 2 rings (SSSR count). The fraction of sp³-hybridized carbons (Fsp3) is 0.111. The first-order valence-electron chi connectivity index (χ1n) is 4.53. The number of anilines is 1. The van der Waals surface area contributed by atoms with Crippen LogP contribution in [0.25, 0.3) is 0 Å². The Balaban J connectivity index is 2.28. The molecule has 0 aromatic carbocycles. The summed E-state index contributed by atoms with van der Waals surface area (Å²) in [5, 5.41) is 6.44. The van der Waals surface area contributed by atoms with Crippen LogP contribution in [-0.2, 0) is 10.0 Å². The average molecular weight is 238 g/mol. The van der Waals surface area contributed by atoms with Gasteiger partial charge in [-0.05, 0) is 19.1 Å². The first-order valence-corrected chi connectivity index (χ1v) is 6.01. The first-order chi connectivity index (χ1) is 7.58. The van der Waals surface area contributed by atoms with Crippen molar-refractivity contribution >= 4 is 15.8 Å². The van der Waals surface area contributed by atoms with Crippen LogP contribution in [0.2, 0.25) is 0 Å². The number of sulfonamides is 1. The van der Waals surface area contributed by atoms with E-state index in [0.29, 0.717) is 0 Å². The Kier molecular flexibility index (Phi) is 2.61. The number of hydrogen-bond acceptors (Lipinski definition) is 4. The van der Waals surface area contributed by atoms with Crippen LogP contribution in [0.1, 0.15) is 5.69 Å². The molecule has 84 valence electrons. The van der Waals surface area contributed by atoms with Gasteiger partial charge in [0.2, 0.25) is 0 Å². The summed E-state index contributed by atoms with van der Waals surface area (Å²) in [6.45, 7) is 1.79. The summed E-state index contributed by atoms with van der Waals surface area (Å²) in [6.07, 6.45) is 2.79. The third kappa shape index (κ3) is 2.19. The number of aromatic amines is 1. The van der Waals surface area contributed by atoms with Crippen LogP contribution in [0.15, 0.2) is 35.5 Å². The van der Waals surface area contributed by atoms with Gasteiger partial charge in [0, 0.05) is 24.2 Å². The SMILES string of the molecule is Cc1cc(NS(=O)(=O)c2cccnc2)n[nH]1. The van der Waals surface area contributed by atoms with Crippen LogP contribution in [0.5, 0.6) is 0 Å². The van der Waals surface area contributed by atoms with Gasteiger partial charge < -0.3 is 0 Å². The normalized spacial score (nSPS) is 11.3. The Bertz CT molecular complexity index is 577. The molecule has 2 aromatic rings. The number of aromatic nitrogens is 3. The monoisotopic (exact) mass is 238 g/mol. The van der Waals surface area contributed by atoms with E-state index in [0.717, 1.165) is 5.69 Å². The zero-order valence-corrected chi connectivity index (χ0v) is 9.32. The molecule has 0 spiro atoms. The Hall–Kier alpha value is -1.89. The molecule has 2 aromatic heterocycles. The van der Waals surface area contributed by atoms with Crippen LogP contribution < -0.4 is 4.72 Å². The van der Waals surface area contributed by atoms with Gasteiger partial charge in [-0.25, -0.2) is 8.42 Å². The molecule has 0 amide bonds. The van der Waals surface area contributed by atoms with Gasteiger partial charge in [-0.15, -0.1) is 0 Å². The summed E-state index contributed by atoms with van der Waals surface area (Å²) < 4.78 is 26.0. The highest BCUT2D eigenvalue weighted by Crippen LogP contribution is 2.12. The maximum atomic E-state index is 11.8. The largest absolute Gasteiger partial charge is 0.281 e. The van der Waals surface area contributed by atoms with E-state index in [1.807, 2.05) is 0 Å². The lowest BCUT2D eigenvalue weighted by Gasteiger charge is -2.03. The van der Waals surface area contributed by atoms with Crippen LogP contribution in [0, 0.1) is 6.92 Å². The minimum absolute atomic E-state index is 0.107. The first kappa shape index (κ1) is 10.6. The van der Waals surface area contributed by atoms with E-state index in [9.17, 15) is 8.42 Å². The molecule has 0 aliphatic rings. The highest BCUT2D eigenvalue weighted by molar-refractivity contribution is 7.92. The standard InChI is InChI=1S/C9H10N4O2S/c1-7-5-9(12-11-7)13-16(14,15)8-3-2-4-10-6-8/h2-6H,1H3,(H2,11,12,13). The van der Waals surface area contributed by atoms with Gasteiger partial charge in [0.1, 0.15) is 4.90 Å². The Morgan fingerprint density at radius 2 is 2.25 bits per heavy atom. The number of nitrogens with one attached hydrogen (secondary N) is 2. The van der Waals surface area contributed by atoms with Crippen LogP contribution >= 0.6 is 0 Å². The fourth-order valence-electron chi connectivity index (χ4n) is 1.17. The summed E-state index contributed by atoms with van der Waals surface area (Å²) in [5.41, 5.74) is 0.781. The van der Waals surface area contributed by atoms with Gasteiger partial charge in [-0.1, -0.05) is 0 Å². The molecule has 0 fully saturated rings. The molecule has 0 unspecified atom stereocenters. The summed E-state index contributed by atoms with van der Waals surface area (Å²) in [5.74, 6) is 0.265. The van der Waals surface area contributed by atoms with Gasteiger partial charge >= 0.3 is 0 Å². The minimum Gasteiger partial charge on any atom is -0.281 e. The number of nitrogens with zero attached hydrogens (tertiary/aromatic N) is 2. The van der Waals surface area contributed by atoms with E-state index in [4.69, 9.17) is 0 Å². The van der Waals surface area contributed by atoms with Crippen molar-refractivity contribution in [1.29, 1.82) is 0 Å². The predicted molar refractivity (Wildman–Crippen MR) is 58.4 cm³/mol. The van der Waals surface area contributed by atoms with Crippen molar-refractivity contribution < 1.29 is 8.42 Å². The number of hydrogen-bond donors (Lipinski definition) is 2. The Labute approximate surface area is 92.8 Å². The smallest absolute Gasteiger partial charge is 0.264 e. The van der Waals surface area contributed by atoms with Crippen molar-refractivity contribution in [2.75, 3.05) is 4.72 Å². The topological polar surface area (TPSA) is 87.7 Å². The molecule has 0 saturated heterocycles. The second-order valence-electron chi connectivity index (χ2n) is 3.23. The van der Waals surface area contributed by atoms with E-state index in [1.54, 1.807) is 19.1 Å². The zero-order valence-electron chi connectivity index (χ0n) is 8.51. The molecule has 2 N–H and O–H groups in total. The summed E-state index contributed by atoms with van der Waals surface area (Å²) in [4.78, 5) is 3.86. The Morgan fingerprint density at radius 3 is 2.81 bits per heavy atom. The average Bonchev–Trinajstić information content (AvgIpc) is 2.64. The van der Waals surface area contributed by atoms with E-state index < -0.39 is 10.0 Å². The highest BCUT2D eigenvalue weighted by atomic mass is 32.2. The van der Waals surface area contributed by atoms with Crippen molar-refractivity contribution in [3.05, 3.63) is 36.3 Å². The van der Waals surface area contributed by atoms with E-state index >= 15 is 0 Å².